The molecule has 1 spiro atoms. The van der Waals surface area contributed by atoms with E-state index in [1.165, 1.54) is 0 Å². The molecule has 212 valence electrons. The molecule has 3 aliphatic rings. The number of benzene rings is 1. The van der Waals surface area contributed by atoms with E-state index in [2.05, 4.69) is 20.1 Å². The molecular weight excluding hydrogens is 536 g/mol. The minimum absolute atomic E-state index is 0.0597. The molecule has 7 nitrogen and oxygen atoms in total. The monoisotopic (exact) mass is 574 g/mol. The average Bonchev–Trinajstić information content (AvgIpc) is 3.51. The van der Waals surface area contributed by atoms with Crippen LogP contribution in [0.4, 0.5) is 5.69 Å². The Balaban J connectivity index is 1.71. The van der Waals surface area contributed by atoms with Gasteiger partial charge in [0.1, 0.15) is 6.04 Å². The number of anilines is 1. The lowest BCUT2D eigenvalue weighted by Gasteiger charge is -2.40. The number of carbonyl (C=O) groups is 3. The standard InChI is InChI=1S/C30H39ClN2O5S/c1-4-6-18-38-29(37)24-23-19-20(3)30(39-23)25(24)27(35)33(16-9-7-8-10-17-34)26(30)28(36)32(15-5-2)22-13-11-21(31)12-14-22/h4-5,11-14,20,23-26,34H,1-2,6-10,15-19H2,3H3/t20?,23-,24+,25-,26?,30?/m0/s1. The number of unbranched alkanes of at least 4 members (excludes halogenated alkanes) is 3. The van der Waals surface area contributed by atoms with Gasteiger partial charge in [0, 0.05) is 35.7 Å². The van der Waals surface area contributed by atoms with Gasteiger partial charge in [-0.25, -0.2) is 0 Å². The Morgan fingerprint density at radius 3 is 2.59 bits per heavy atom. The number of fused-ring (bicyclic) bond motifs is 1. The van der Waals surface area contributed by atoms with Crippen LogP contribution in [0.15, 0.2) is 49.6 Å². The molecule has 3 unspecified atom stereocenters. The van der Waals surface area contributed by atoms with Crippen molar-refractivity contribution in [1.29, 1.82) is 0 Å². The number of rotatable bonds is 14. The normalized spacial score (nSPS) is 28.8. The van der Waals surface area contributed by atoms with Crippen LogP contribution in [-0.2, 0) is 19.1 Å². The van der Waals surface area contributed by atoms with E-state index in [9.17, 15) is 14.4 Å². The lowest BCUT2D eigenvalue weighted by atomic mass is 9.66. The van der Waals surface area contributed by atoms with E-state index in [1.807, 2.05) is 0 Å². The summed E-state index contributed by atoms with van der Waals surface area (Å²) in [5, 5.41) is 9.67. The lowest BCUT2D eigenvalue weighted by Crippen LogP contribution is -2.57. The first-order valence-electron chi connectivity index (χ1n) is 13.9. The number of nitrogens with zero attached hydrogens (tertiary/aromatic N) is 2. The van der Waals surface area contributed by atoms with E-state index in [4.69, 9.17) is 21.4 Å². The molecule has 0 aromatic heterocycles. The number of hydrogen-bond acceptors (Lipinski definition) is 6. The molecule has 3 aliphatic heterocycles. The molecule has 3 fully saturated rings. The second kappa shape index (κ2) is 12.9. The van der Waals surface area contributed by atoms with E-state index < -0.39 is 22.6 Å². The van der Waals surface area contributed by atoms with Crippen LogP contribution in [0.3, 0.4) is 0 Å². The molecule has 3 saturated heterocycles. The van der Waals surface area contributed by atoms with E-state index in [0.717, 1.165) is 25.7 Å². The van der Waals surface area contributed by atoms with E-state index in [0.29, 0.717) is 30.1 Å². The lowest BCUT2D eigenvalue weighted by molar-refractivity contribution is -0.154. The molecule has 3 heterocycles. The zero-order chi connectivity index (χ0) is 28.2. The highest BCUT2D eigenvalue weighted by Crippen LogP contribution is 2.68. The Hall–Kier alpha value is -2.29. The van der Waals surface area contributed by atoms with Crippen molar-refractivity contribution in [2.24, 2.45) is 17.8 Å². The average molecular weight is 575 g/mol. The summed E-state index contributed by atoms with van der Waals surface area (Å²) in [4.78, 5) is 45.5. The van der Waals surface area contributed by atoms with Crippen LogP contribution in [-0.4, -0.2) is 70.1 Å². The van der Waals surface area contributed by atoms with Gasteiger partial charge in [-0.2, -0.15) is 0 Å². The minimum Gasteiger partial charge on any atom is -0.465 e. The molecule has 4 rings (SSSR count). The second-order valence-corrected chi connectivity index (χ2v) is 12.7. The van der Waals surface area contributed by atoms with Gasteiger partial charge in [0.15, 0.2) is 0 Å². The maximum absolute atomic E-state index is 14.5. The molecule has 2 amide bonds. The summed E-state index contributed by atoms with van der Waals surface area (Å²) < 4.78 is 4.88. The van der Waals surface area contributed by atoms with Crippen molar-refractivity contribution in [3.8, 4) is 0 Å². The number of halogens is 1. The number of ether oxygens (including phenoxy) is 1. The van der Waals surface area contributed by atoms with Gasteiger partial charge in [-0.05, 0) is 55.9 Å². The number of amides is 2. The Kier molecular flexibility index (Phi) is 9.83. The van der Waals surface area contributed by atoms with Crippen molar-refractivity contribution in [2.75, 3.05) is 31.2 Å². The zero-order valence-corrected chi connectivity index (χ0v) is 24.2. The first-order chi connectivity index (χ1) is 18.8. The largest absolute Gasteiger partial charge is 0.465 e. The maximum atomic E-state index is 14.5. The number of esters is 1. The summed E-state index contributed by atoms with van der Waals surface area (Å²) in [5.74, 6) is -1.74. The van der Waals surface area contributed by atoms with Crippen LogP contribution < -0.4 is 4.90 Å². The van der Waals surface area contributed by atoms with E-state index in [-0.39, 0.29) is 48.7 Å². The predicted molar refractivity (Wildman–Crippen MR) is 156 cm³/mol. The number of hydrogen-bond donors (Lipinski definition) is 1. The van der Waals surface area contributed by atoms with Crippen LogP contribution in [0.25, 0.3) is 0 Å². The summed E-state index contributed by atoms with van der Waals surface area (Å²) in [6.45, 7) is 10.8. The van der Waals surface area contributed by atoms with Gasteiger partial charge >= 0.3 is 5.97 Å². The fourth-order valence-electron chi connectivity index (χ4n) is 6.61. The van der Waals surface area contributed by atoms with Crippen molar-refractivity contribution in [1.82, 2.24) is 4.90 Å². The Morgan fingerprint density at radius 1 is 1.21 bits per heavy atom. The number of aliphatic hydroxyl groups excluding tert-OH is 1. The molecule has 1 aromatic rings. The highest BCUT2D eigenvalue weighted by atomic mass is 35.5. The van der Waals surface area contributed by atoms with Crippen molar-refractivity contribution in [3.05, 3.63) is 54.6 Å². The molecule has 0 radical (unpaired) electrons. The Labute approximate surface area is 240 Å². The van der Waals surface area contributed by atoms with Gasteiger partial charge < -0.3 is 19.6 Å². The number of likely N-dealkylation sites (tertiary alicyclic amines) is 1. The Bertz CT molecular complexity index is 1080. The third kappa shape index (κ3) is 5.52. The Morgan fingerprint density at radius 2 is 1.92 bits per heavy atom. The van der Waals surface area contributed by atoms with Crippen molar-refractivity contribution in [3.63, 3.8) is 0 Å². The highest BCUT2D eigenvalue weighted by molar-refractivity contribution is 8.02. The van der Waals surface area contributed by atoms with E-state index in [1.54, 1.807) is 58.0 Å². The summed E-state index contributed by atoms with van der Waals surface area (Å²) in [6.07, 6.45) is 7.81. The number of thioether (sulfide) groups is 1. The van der Waals surface area contributed by atoms with Gasteiger partial charge in [-0.3, -0.25) is 14.4 Å². The minimum atomic E-state index is -0.710. The molecule has 39 heavy (non-hydrogen) atoms. The fraction of sp³-hybridized carbons (Fsp3) is 0.567. The van der Waals surface area contributed by atoms with Crippen LogP contribution in [0.1, 0.15) is 45.4 Å². The number of carbonyl (C=O) groups excluding carboxylic acids is 3. The topological polar surface area (TPSA) is 87.2 Å². The van der Waals surface area contributed by atoms with Crippen molar-refractivity contribution >= 4 is 46.8 Å². The zero-order valence-electron chi connectivity index (χ0n) is 22.6. The maximum Gasteiger partial charge on any atom is 0.310 e. The summed E-state index contributed by atoms with van der Waals surface area (Å²) in [5.41, 5.74) is 0.685. The molecule has 1 aromatic carbocycles. The number of aliphatic hydroxyl groups is 1. The van der Waals surface area contributed by atoms with E-state index >= 15 is 0 Å². The quantitative estimate of drug-likeness (QED) is 0.194. The predicted octanol–water partition coefficient (Wildman–Crippen LogP) is 4.87. The van der Waals surface area contributed by atoms with Crippen molar-refractivity contribution < 1.29 is 24.2 Å². The van der Waals surface area contributed by atoms with Crippen LogP contribution in [0, 0.1) is 17.8 Å². The van der Waals surface area contributed by atoms with Gasteiger partial charge in [-0.15, -0.1) is 24.9 Å². The second-order valence-electron chi connectivity index (χ2n) is 10.7. The smallest absolute Gasteiger partial charge is 0.310 e. The molecular formula is C30H39ClN2O5S. The molecule has 6 atom stereocenters. The molecule has 1 N–H and O–H groups in total. The third-order valence-electron chi connectivity index (χ3n) is 8.34. The molecule has 0 saturated carbocycles. The van der Waals surface area contributed by atoms with Crippen molar-refractivity contribution in [2.45, 2.75) is 61.5 Å². The third-order valence-corrected chi connectivity index (χ3v) is 10.7. The summed E-state index contributed by atoms with van der Waals surface area (Å²) in [6, 6.07) is 6.38. The SMILES string of the molecule is C=CCCOC(=O)[C@@H]1[C@@H]2CC(C)C3(S2)C(C(=O)N(CC=C)c2ccc(Cl)cc2)N(CCCCCCO)C(=O)[C@H]13. The van der Waals surface area contributed by atoms with Gasteiger partial charge in [-0.1, -0.05) is 43.5 Å². The van der Waals surface area contributed by atoms with Crippen LogP contribution in [0.5, 0.6) is 0 Å². The van der Waals surface area contributed by atoms with Gasteiger partial charge in [0.25, 0.3) is 5.91 Å². The van der Waals surface area contributed by atoms with Gasteiger partial charge in [0.05, 0.1) is 23.2 Å². The van der Waals surface area contributed by atoms with Crippen LogP contribution in [0.2, 0.25) is 5.02 Å². The summed E-state index contributed by atoms with van der Waals surface area (Å²) in [7, 11) is 0. The molecule has 9 heteroatoms. The molecule has 2 bridgehead atoms. The van der Waals surface area contributed by atoms with Gasteiger partial charge in [0.2, 0.25) is 5.91 Å². The molecule has 0 aliphatic carbocycles. The highest BCUT2D eigenvalue weighted by Gasteiger charge is 2.76. The first kappa shape index (κ1) is 29.7. The fourth-order valence-corrected chi connectivity index (χ4v) is 9.14. The van der Waals surface area contributed by atoms with Crippen LogP contribution >= 0.6 is 23.4 Å². The summed E-state index contributed by atoms with van der Waals surface area (Å²) >= 11 is 7.77. The first-order valence-corrected chi connectivity index (χ1v) is 15.1.